The molecule has 0 aliphatic rings. The second kappa shape index (κ2) is 7.37. The summed E-state index contributed by atoms with van der Waals surface area (Å²) in [4.78, 5) is 0. The molecule has 0 saturated carbocycles. The Hall–Kier alpha value is -2.25. The van der Waals surface area contributed by atoms with E-state index in [1.165, 1.54) is 0 Å². The highest BCUT2D eigenvalue weighted by Crippen LogP contribution is 2.26. The fraction of sp³-hybridized carbons (Fsp3) is 0. The Morgan fingerprint density at radius 3 is 1.60 bits per heavy atom. The molecule has 3 aromatic rings. The van der Waals surface area contributed by atoms with Crippen LogP contribution in [-0.2, 0) is 0 Å². The number of hydrogen-bond donors (Lipinski definition) is 1. The summed E-state index contributed by atoms with van der Waals surface area (Å²) < 4.78 is 0. The highest BCUT2D eigenvalue weighted by atomic mass is 35.5. The third-order valence-corrected chi connectivity index (χ3v) is 3.04. The van der Waals surface area contributed by atoms with E-state index in [4.69, 9.17) is 16.7 Å². The molecule has 3 rings (SSSR count). The van der Waals surface area contributed by atoms with Crippen molar-refractivity contribution in [3.05, 3.63) is 90.0 Å². The van der Waals surface area contributed by atoms with E-state index in [0.717, 1.165) is 16.1 Å². The first kappa shape index (κ1) is 14.2. The van der Waals surface area contributed by atoms with Crippen LogP contribution in [0.1, 0.15) is 0 Å². The summed E-state index contributed by atoms with van der Waals surface area (Å²) >= 11 is 6.06. The minimum Gasteiger partial charge on any atom is -0.508 e. The first-order valence-corrected chi connectivity index (χ1v) is 6.69. The molecule has 0 aliphatic carbocycles. The fourth-order valence-corrected chi connectivity index (χ4v) is 1.99. The lowest BCUT2D eigenvalue weighted by atomic mass is 10.1. The predicted octanol–water partition coefficient (Wildman–Crippen LogP) is 5.40. The minimum absolute atomic E-state index is 0.322. The average molecular weight is 283 g/mol. The molecule has 0 unspecified atom stereocenters. The fourth-order valence-electron chi connectivity index (χ4n) is 1.74. The lowest BCUT2D eigenvalue weighted by molar-refractivity contribution is 0.475. The quantitative estimate of drug-likeness (QED) is 0.633. The lowest BCUT2D eigenvalue weighted by Crippen LogP contribution is -1.77. The molecule has 1 nitrogen and oxygen atoms in total. The first-order valence-electron chi connectivity index (χ1n) is 6.31. The van der Waals surface area contributed by atoms with Crippen molar-refractivity contribution in [3.8, 4) is 16.9 Å². The van der Waals surface area contributed by atoms with Crippen molar-refractivity contribution in [2.24, 2.45) is 0 Å². The van der Waals surface area contributed by atoms with Crippen LogP contribution < -0.4 is 0 Å². The van der Waals surface area contributed by atoms with Gasteiger partial charge in [-0.1, -0.05) is 78.3 Å². The maximum absolute atomic E-state index is 8.63. The van der Waals surface area contributed by atoms with Gasteiger partial charge >= 0.3 is 0 Å². The molecule has 0 heterocycles. The number of hydrogen-bond acceptors (Lipinski definition) is 1. The van der Waals surface area contributed by atoms with Crippen LogP contribution in [0.3, 0.4) is 0 Å². The van der Waals surface area contributed by atoms with Gasteiger partial charge in [0.1, 0.15) is 5.75 Å². The van der Waals surface area contributed by atoms with E-state index >= 15 is 0 Å². The van der Waals surface area contributed by atoms with E-state index in [9.17, 15) is 0 Å². The van der Waals surface area contributed by atoms with Gasteiger partial charge in [0.25, 0.3) is 0 Å². The summed E-state index contributed by atoms with van der Waals surface area (Å²) in [6.07, 6.45) is 0. The maximum atomic E-state index is 8.63. The summed E-state index contributed by atoms with van der Waals surface area (Å²) in [6, 6.07) is 26.7. The smallest absolute Gasteiger partial charge is 0.115 e. The van der Waals surface area contributed by atoms with Crippen molar-refractivity contribution in [1.29, 1.82) is 0 Å². The molecular weight excluding hydrogens is 268 g/mol. The van der Waals surface area contributed by atoms with Crippen LogP contribution in [0.2, 0.25) is 5.02 Å². The predicted molar refractivity (Wildman–Crippen MR) is 85.0 cm³/mol. The van der Waals surface area contributed by atoms with Crippen LogP contribution in [-0.4, -0.2) is 5.11 Å². The largest absolute Gasteiger partial charge is 0.508 e. The molecule has 1 N–H and O–H groups in total. The molecule has 0 aromatic heterocycles. The summed E-state index contributed by atoms with van der Waals surface area (Å²) in [5.74, 6) is 0.322. The molecule has 0 bridgehead atoms. The normalized spacial score (nSPS) is 9.45. The molecule has 0 fully saturated rings. The van der Waals surface area contributed by atoms with Crippen molar-refractivity contribution in [2.45, 2.75) is 0 Å². The van der Waals surface area contributed by atoms with Gasteiger partial charge in [0.2, 0.25) is 0 Å². The number of halogens is 1. The topological polar surface area (TPSA) is 20.2 Å². The van der Waals surface area contributed by atoms with Gasteiger partial charge in [-0.25, -0.2) is 0 Å². The van der Waals surface area contributed by atoms with E-state index in [1.54, 1.807) is 24.3 Å². The molecule has 0 saturated heterocycles. The van der Waals surface area contributed by atoms with Crippen molar-refractivity contribution in [1.82, 2.24) is 0 Å². The van der Waals surface area contributed by atoms with Gasteiger partial charge < -0.3 is 5.11 Å². The van der Waals surface area contributed by atoms with Crippen LogP contribution >= 0.6 is 11.6 Å². The van der Waals surface area contributed by atoms with Gasteiger partial charge in [0, 0.05) is 10.6 Å². The number of phenols is 1. The zero-order chi connectivity index (χ0) is 14.2. The standard InChI is InChI=1S/C12H9Cl.C6H6O/c13-12-9-5-4-8-11(12)10-6-2-1-3-7-10;7-6-4-2-1-3-5-6/h1-9H;1-5,7H. The highest BCUT2D eigenvalue weighted by Gasteiger charge is 1.99. The van der Waals surface area contributed by atoms with Gasteiger partial charge in [-0.05, 0) is 23.8 Å². The van der Waals surface area contributed by atoms with E-state index in [1.807, 2.05) is 48.5 Å². The Morgan fingerprint density at radius 2 is 1.10 bits per heavy atom. The number of rotatable bonds is 1. The molecule has 0 aliphatic heterocycles. The van der Waals surface area contributed by atoms with Crippen LogP contribution in [0.5, 0.6) is 5.75 Å². The molecule has 100 valence electrons. The zero-order valence-corrected chi connectivity index (χ0v) is 11.7. The Labute approximate surface area is 124 Å². The molecule has 20 heavy (non-hydrogen) atoms. The van der Waals surface area contributed by atoms with Crippen molar-refractivity contribution in [3.63, 3.8) is 0 Å². The van der Waals surface area contributed by atoms with Gasteiger partial charge in [-0.2, -0.15) is 0 Å². The Balaban J connectivity index is 0.000000178. The van der Waals surface area contributed by atoms with Crippen molar-refractivity contribution >= 4 is 11.6 Å². The zero-order valence-electron chi connectivity index (χ0n) is 10.9. The van der Waals surface area contributed by atoms with Crippen LogP contribution in [0, 0.1) is 0 Å². The van der Waals surface area contributed by atoms with Gasteiger partial charge in [-0.15, -0.1) is 0 Å². The number of benzene rings is 3. The molecule has 0 atom stereocenters. The molecule has 2 heteroatoms. The van der Waals surface area contributed by atoms with E-state index in [2.05, 4.69) is 12.1 Å². The second-order valence-corrected chi connectivity index (χ2v) is 4.59. The second-order valence-electron chi connectivity index (χ2n) is 4.18. The van der Waals surface area contributed by atoms with Crippen LogP contribution in [0.25, 0.3) is 11.1 Å². The third kappa shape index (κ3) is 4.15. The number of aromatic hydroxyl groups is 1. The van der Waals surface area contributed by atoms with E-state index in [0.29, 0.717) is 5.75 Å². The summed E-state index contributed by atoms with van der Waals surface area (Å²) in [7, 11) is 0. The van der Waals surface area contributed by atoms with Gasteiger partial charge in [0.15, 0.2) is 0 Å². The maximum Gasteiger partial charge on any atom is 0.115 e. The number of para-hydroxylation sites is 1. The summed E-state index contributed by atoms with van der Waals surface area (Å²) in [5.41, 5.74) is 2.25. The van der Waals surface area contributed by atoms with Gasteiger partial charge in [0.05, 0.1) is 0 Å². The third-order valence-electron chi connectivity index (χ3n) is 2.71. The number of phenolic OH excluding ortho intramolecular Hbond substituents is 1. The lowest BCUT2D eigenvalue weighted by Gasteiger charge is -2.02. The SMILES string of the molecule is Clc1ccccc1-c1ccccc1.Oc1ccccc1. The van der Waals surface area contributed by atoms with Crippen LogP contribution in [0.4, 0.5) is 0 Å². The van der Waals surface area contributed by atoms with Crippen molar-refractivity contribution in [2.75, 3.05) is 0 Å². The van der Waals surface area contributed by atoms with E-state index in [-0.39, 0.29) is 0 Å². The minimum atomic E-state index is 0.322. The monoisotopic (exact) mass is 282 g/mol. The average Bonchev–Trinajstić information content (AvgIpc) is 2.50. The van der Waals surface area contributed by atoms with Gasteiger partial charge in [-0.3, -0.25) is 0 Å². The van der Waals surface area contributed by atoms with E-state index < -0.39 is 0 Å². The Morgan fingerprint density at radius 1 is 0.600 bits per heavy atom. The van der Waals surface area contributed by atoms with Crippen molar-refractivity contribution < 1.29 is 5.11 Å². The first-order chi connectivity index (χ1) is 9.77. The molecule has 0 spiro atoms. The molecular formula is C18H15ClO. The highest BCUT2D eigenvalue weighted by molar-refractivity contribution is 6.33. The molecule has 0 amide bonds. The molecule has 0 radical (unpaired) electrons. The van der Waals surface area contributed by atoms with Crippen LogP contribution in [0.15, 0.2) is 84.9 Å². The summed E-state index contributed by atoms with van der Waals surface area (Å²) in [5, 5.41) is 9.43. The Kier molecular flexibility index (Phi) is 5.22. The molecule has 3 aromatic carbocycles. The summed E-state index contributed by atoms with van der Waals surface area (Å²) in [6.45, 7) is 0. The Bertz CT molecular complexity index is 636.